The Morgan fingerprint density at radius 2 is 2.06 bits per heavy atom. The number of nitrogens with zero attached hydrogens (tertiary/aromatic N) is 2. The predicted molar refractivity (Wildman–Crippen MR) is 114 cm³/mol. The molecular formula is C17H20BN5O8S. The maximum atomic E-state index is 12.7. The Hall–Kier alpha value is -3.53. The zero-order chi connectivity index (χ0) is 23.8. The third kappa shape index (κ3) is 6.24. The largest absolute Gasteiger partial charge is 0.507 e. The number of anilines is 1. The molecule has 0 aliphatic heterocycles. The number of thiazole rings is 1. The number of carboxylic acids is 1. The number of benzene rings is 1. The number of hydrogen-bond donors (Lipinski definition) is 7. The van der Waals surface area contributed by atoms with Gasteiger partial charge in [0, 0.05) is 5.38 Å². The summed E-state index contributed by atoms with van der Waals surface area (Å²) in [4.78, 5) is 44.0. The van der Waals surface area contributed by atoms with E-state index in [4.69, 9.17) is 10.8 Å². The summed E-state index contributed by atoms with van der Waals surface area (Å²) in [6.07, 6.45) is -0.314. The Bertz CT molecular complexity index is 1030. The zero-order valence-corrected chi connectivity index (χ0v) is 17.5. The number of hydrogen-bond acceptors (Lipinski definition) is 11. The van der Waals surface area contributed by atoms with E-state index in [2.05, 4.69) is 25.6 Å². The van der Waals surface area contributed by atoms with Crippen LogP contribution < -0.4 is 16.4 Å². The van der Waals surface area contributed by atoms with Crippen LogP contribution in [0.15, 0.2) is 28.7 Å². The van der Waals surface area contributed by atoms with Crippen molar-refractivity contribution in [3.63, 3.8) is 0 Å². The normalized spacial score (nSPS) is 12.1. The number of carbonyl (C=O) groups is 3. The van der Waals surface area contributed by atoms with Crippen molar-refractivity contribution in [2.24, 2.45) is 10.9 Å². The fourth-order valence-electron chi connectivity index (χ4n) is 2.54. The SMILES string of the molecule is CON=C(C(=O)N[C@@H](Cc1cccc(C(=O)O)c1O)B(O)O)c1csc(NC(=O)CN)n1. The molecule has 170 valence electrons. The van der Waals surface area contributed by atoms with Gasteiger partial charge >= 0.3 is 13.1 Å². The summed E-state index contributed by atoms with van der Waals surface area (Å²) in [7, 11) is -0.879. The molecule has 0 saturated carbocycles. The van der Waals surface area contributed by atoms with Gasteiger partial charge in [-0.25, -0.2) is 9.78 Å². The third-order valence-corrected chi connectivity index (χ3v) is 4.80. The van der Waals surface area contributed by atoms with Gasteiger partial charge in [0.2, 0.25) is 5.91 Å². The molecule has 0 fully saturated rings. The second kappa shape index (κ2) is 11.2. The number of para-hydroxylation sites is 1. The van der Waals surface area contributed by atoms with Crippen molar-refractivity contribution < 1.29 is 39.5 Å². The van der Waals surface area contributed by atoms with Gasteiger partial charge in [-0.3, -0.25) is 9.59 Å². The predicted octanol–water partition coefficient (Wildman–Crippen LogP) is -1.47. The molecule has 1 aromatic heterocycles. The molecule has 2 aromatic rings. The van der Waals surface area contributed by atoms with E-state index in [-0.39, 0.29) is 40.6 Å². The lowest BCUT2D eigenvalue weighted by Gasteiger charge is -2.19. The van der Waals surface area contributed by atoms with Crippen LogP contribution in [0.2, 0.25) is 0 Å². The van der Waals surface area contributed by atoms with Gasteiger partial charge in [-0.15, -0.1) is 11.3 Å². The van der Waals surface area contributed by atoms with Crippen LogP contribution in [0.4, 0.5) is 5.13 Å². The number of phenols is 1. The highest BCUT2D eigenvalue weighted by molar-refractivity contribution is 7.14. The van der Waals surface area contributed by atoms with Gasteiger partial charge in [0.1, 0.15) is 24.1 Å². The highest BCUT2D eigenvalue weighted by Gasteiger charge is 2.30. The molecule has 2 amide bonds. The van der Waals surface area contributed by atoms with Crippen molar-refractivity contribution in [2.75, 3.05) is 19.0 Å². The molecule has 1 aromatic carbocycles. The number of aromatic carboxylic acids is 1. The van der Waals surface area contributed by atoms with Crippen molar-refractivity contribution in [3.05, 3.63) is 40.4 Å². The Morgan fingerprint density at radius 1 is 1.34 bits per heavy atom. The molecular weight excluding hydrogens is 445 g/mol. The molecule has 8 N–H and O–H groups in total. The number of oxime groups is 1. The number of aromatic nitrogens is 1. The molecule has 1 heterocycles. The number of amides is 2. The molecule has 0 aliphatic rings. The van der Waals surface area contributed by atoms with Crippen LogP contribution in [0.1, 0.15) is 21.6 Å². The summed E-state index contributed by atoms with van der Waals surface area (Å²) in [5, 5.41) is 48.6. The average Bonchev–Trinajstić information content (AvgIpc) is 3.20. The lowest BCUT2D eigenvalue weighted by Crippen LogP contribution is -2.50. The van der Waals surface area contributed by atoms with Crippen LogP contribution in [-0.4, -0.2) is 75.5 Å². The Labute approximate surface area is 185 Å². The van der Waals surface area contributed by atoms with Crippen molar-refractivity contribution >= 4 is 47.1 Å². The second-order valence-electron chi connectivity index (χ2n) is 6.23. The summed E-state index contributed by atoms with van der Waals surface area (Å²) in [5.74, 6) is -4.68. The summed E-state index contributed by atoms with van der Waals surface area (Å²) >= 11 is 0.996. The van der Waals surface area contributed by atoms with Crippen LogP contribution in [0, 0.1) is 0 Å². The molecule has 15 heteroatoms. The lowest BCUT2D eigenvalue weighted by atomic mass is 9.75. The first-order valence-corrected chi connectivity index (χ1v) is 9.84. The lowest BCUT2D eigenvalue weighted by molar-refractivity contribution is -0.115. The molecule has 1 atom stereocenters. The minimum absolute atomic E-state index is 0.0311. The number of rotatable bonds is 10. The van der Waals surface area contributed by atoms with Crippen LogP contribution >= 0.6 is 11.3 Å². The summed E-state index contributed by atoms with van der Waals surface area (Å²) in [5.41, 5.74) is 4.61. The van der Waals surface area contributed by atoms with Gasteiger partial charge < -0.3 is 41.5 Å². The first kappa shape index (κ1) is 24.7. The summed E-state index contributed by atoms with van der Waals surface area (Å²) < 4.78 is 0. The van der Waals surface area contributed by atoms with Gasteiger partial charge in [0.25, 0.3) is 5.91 Å². The van der Waals surface area contributed by atoms with Crippen molar-refractivity contribution in [2.45, 2.75) is 12.4 Å². The van der Waals surface area contributed by atoms with E-state index < -0.39 is 36.6 Å². The highest BCUT2D eigenvalue weighted by atomic mass is 32.1. The van der Waals surface area contributed by atoms with E-state index in [1.807, 2.05) is 0 Å². The van der Waals surface area contributed by atoms with E-state index in [9.17, 15) is 29.5 Å². The van der Waals surface area contributed by atoms with Gasteiger partial charge in [0.15, 0.2) is 10.8 Å². The Morgan fingerprint density at radius 3 is 2.66 bits per heavy atom. The topological polar surface area (TPSA) is 217 Å². The fourth-order valence-corrected chi connectivity index (χ4v) is 3.25. The minimum atomic E-state index is -2.06. The fraction of sp³-hybridized carbons (Fsp3) is 0.235. The van der Waals surface area contributed by atoms with E-state index in [0.717, 1.165) is 11.3 Å². The first-order chi connectivity index (χ1) is 15.2. The van der Waals surface area contributed by atoms with Gasteiger partial charge in [-0.2, -0.15) is 0 Å². The molecule has 2 rings (SSSR count). The van der Waals surface area contributed by atoms with E-state index in [1.54, 1.807) is 0 Å². The van der Waals surface area contributed by atoms with Crippen molar-refractivity contribution in [3.8, 4) is 5.75 Å². The number of aromatic hydroxyl groups is 1. The minimum Gasteiger partial charge on any atom is -0.507 e. The molecule has 0 spiro atoms. The van der Waals surface area contributed by atoms with E-state index in [1.165, 1.54) is 30.7 Å². The van der Waals surface area contributed by atoms with Gasteiger partial charge in [-0.1, -0.05) is 17.3 Å². The molecule has 0 radical (unpaired) electrons. The Kier molecular flexibility index (Phi) is 8.66. The highest BCUT2D eigenvalue weighted by Crippen LogP contribution is 2.24. The number of nitrogens with two attached hydrogens (primary N) is 1. The molecule has 0 unspecified atom stereocenters. The number of nitrogens with one attached hydrogen (secondary N) is 2. The number of carbonyl (C=O) groups excluding carboxylic acids is 2. The van der Waals surface area contributed by atoms with Crippen LogP contribution in [0.3, 0.4) is 0 Å². The van der Waals surface area contributed by atoms with Crippen LogP contribution in [-0.2, 0) is 20.8 Å². The first-order valence-electron chi connectivity index (χ1n) is 8.96. The molecule has 0 bridgehead atoms. The summed E-state index contributed by atoms with van der Waals surface area (Å²) in [6.45, 7) is -0.263. The smallest absolute Gasteiger partial charge is 0.475 e. The number of carboxylic acid groups (broad SMARTS) is 1. The van der Waals surface area contributed by atoms with Crippen LogP contribution in [0.5, 0.6) is 5.75 Å². The van der Waals surface area contributed by atoms with Gasteiger partial charge in [0.05, 0.1) is 12.5 Å². The zero-order valence-electron chi connectivity index (χ0n) is 16.7. The summed E-state index contributed by atoms with van der Waals surface area (Å²) in [6, 6.07) is 3.92. The average molecular weight is 465 g/mol. The quantitative estimate of drug-likeness (QED) is 0.123. The molecule has 0 aliphatic carbocycles. The monoisotopic (exact) mass is 465 g/mol. The molecule has 32 heavy (non-hydrogen) atoms. The Balaban J connectivity index is 2.24. The second-order valence-corrected chi connectivity index (χ2v) is 7.09. The maximum Gasteiger partial charge on any atom is 0.475 e. The van der Waals surface area contributed by atoms with Crippen LogP contribution in [0.25, 0.3) is 0 Å². The standard InChI is InChI=1S/C17H20BN5O8S/c1-31-23-13(10-7-32-17(20-10)22-12(24)6-19)15(26)21-11(18(29)30)5-8-3-2-4-9(14(8)25)16(27)28/h2-4,7,11,25,29-30H,5-6,19H2,1H3,(H,21,26)(H,27,28)(H,20,22,24)/t11-/m0/s1. The third-order valence-electron chi connectivity index (χ3n) is 4.04. The maximum absolute atomic E-state index is 12.7. The van der Waals surface area contributed by atoms with E-state index in [0.29, 0.717) is 0 Å². The van der Waals surface area contributed by atoms with Crippen molar-refractivity contribution in [1.82, 2.24) is 10.3 Å². The molecule has 0 saturated heterocycles. The van der Waals surface area contributed by atoms with E-state index >= 15 is 0 Å². The molecule has 13 nitrogen and oxygen atoms in total. The van der Waals surface area contributed by atoms with Gasteiger partial charge in [-0.05, 0) is 18.1 Å². The van der Waals surface area contributed by atoms with Crippen molar-refractivity contribution in [1.29, 1.82) is 0 Å².